The van der Waals surface area contributed by atoms with Gasteiger partial charge in [-0.15, -0.1) is 0 Å². The summed E-state index contributed by atoms with van der Waals surface area (Å²) >= 11 is 0. The van der Waals surface area contributed by atoms with Crippen molar-refractivity contribution >= 4 is 17.6 Å². The number of carbonyl (C=O) groups is 2. The van der Waals surface area contributed by atoms with Crippen LogP contribution in [-0.4, -0.2) is 58.7 Å². The second kappa shape index (κ2) is 9.64. The standard InChI is InChI=1S/C21H26N2O5/c1-22(2)17-9-6-15(7-10-17)13-23(3)20(24)14-28-21(25)16-8-11-18(26-4)19(12-16)27-5/h6-12H,13-14H2,1-5H3. The van der Waals surface area contributed by atoms with Gasteiger partial charge >= 0.3 is 5.97 Å². The molecule has 7 heteroatoms. The maximum absolute atomic E-state index is 12.3. The Morgan fingerprint density at radius 1 is 0.893 bits per heavy atom. The molecule has 0 radical (unpaired) electrons. The molecule has 0 N–H and O–H groups in total. The highest BCUT2D eigenvalue weighted by Crippen LogP contribution is 2.27. The van der Waals surface area contributed by atoms with Crippen LogP contribution in [0.5, 0.6) is 11.5 Å². The first-order valence-electron chi connectivity index (χ1n) is 8.75. The monoisotopic (exact) mass is 386 g/mol. The van der Waals surface area contributed by atoms with Crippen LogP contribution in [0.4, 0.5) is 5.69 Å². The first-order valence-corrected chi connectivity index (χ1v) is 8.75. The van der Waals surface area contributed by atoms with Crippen molar-refractivity contribution in [2.75, 3.05) is 46.9 Å². The van der Waals surface area contributed by atoms with Crippen molar-refractivity contribution in [3.63, 3.8) is 0 Å². The van der Waals surface area contributed by atoms with E-state index in [9.17, 15) is 9.59 Å². The quantitative estimate of drug-likeness (QED) is 0.650. The maximum atomic E-state index is 12.3. The van der Waals surface area contributed by atoms with Gasteiger partial charge in [-0.05, 0) is 35.9 Å². The molecule has 2 aromatic carbocycles. The van der Waals surface area contributed by atoms with Gasteiger partial charge in [0.1, 0.15) is 0 Å². The molecular formula is C21H26N2O5. The van der Waals surface area contributed by atoms with Gasteiger partial charge in [0.15, 0.2) is 18.1 Å². The molecule has 0 aliphatic carbocycles. The Kier molecular flexibility index (Phi) is 7.26. The van der Waals surface area contributed by atoms with E-state index in [4.69, 9.17) is 14.2 Å². The number of methoxy groups -OCH3 is 2. The van der Waals surface area contributed by atoms with E-state index in [1.54, 1.807) is 19.2 Å². The fourth-order valence-electron chi connectivity index (χ4n) is 2.55. The van der Waals surface area contributed by atoms with E-state index < -0.39 is 5.97 Å². The second-order valence-corrected chi connectivity index (χ2v) is 6.46. The van der Waals surface area contributed by atoms with Gasteiger partial charge < -0.3 is 24.0 Å². The van der Waals surface area contributed by atoms with Crippen LogP contribution in [0.2, 0.25) is 0 Å². The number of benzene rings is 2. The number of likely N-dealkylation sites (N-methyl/N-ethyl adjacent to an activating group) is 1. The van der Waals surface area contributed by atoms with E-state index in [0.717, 1.165) is 11.3 Å². The third kappa shape index (κ3) is 5.39. The molecule has 28 heavy (non-hydrogen) atoms. The number of carbonyl (C=O) groups excluding carboxylic acids is 2. The van der Waals surface area contributed by atoms with Crippen LogP contribution < -0.4 is 14.4 Å². The van der Waals surface area contributed by atoms with E-state index in [1.807, 2.05) is 43.3 Å². The summed E-state index contributed by atoms with van der Waals surface area (Å²) in [7, 11) is 8.61. The molecule has 0 heterocycles. The van der Waals surface area contributed by atoms with E-state index in [1.165, 1.54) is 25.2 Å². The molecule has 0 aliphatic rings. The first-order chi connectivity index (χ1) is 13.3. The average molecular weight is 386 g/mol. The number of nitrogens with zero attached hydrogens (tertiary/aromatic N) is 2. The minimum absolute atomic E-state index is 0.285. The molecule has 2 aromatic rings. The molecule has 0 unspecified atom stereocenters. The van der Waals surface area contributed by atoms with Crippen molar-refractivity contribution in [1.29, 1.82) is 0 Å². The molecule has 150 valence electrons. The fraction of sp³-hybridized carbons (Fsp3) is 0.333. The normalized spacial score (nSPS) is 10.2. The zero-order valence-electron chi connectivity index (χ0n) is 16.9. The molecule has 7 nitrogen and oxygen atoms in total. The van der Waals surface area contributed by atoms with Gasteiger partial charge in [0, 0.05) is 33.4 Å². The lowest BCUT2D eigenvalue weighted by Gasteiger charge is -2.18. The minimum atomic E-state index is -0.599. The van der Waals surface area contributed by atoms with Crippen LogP contribution in [0, 0.1) is 0 Å². The number of rotatable bonds is 8. The Morgan fingerprint density at radius 3 is 2.11 bits per heavy atom. The number of hydrogen-bond acceptors (Lipinski definition) is 6. The van der Waals surface area contributed by atoms with E-state index >= 15 is 0 Å². The third-order valence-corrected chi connectivity index (χ3v) is 4.24. The van der Waals surface area contributed by atoms with Gasteiger partial charge in [-0.1, -0.05) is 12.1 Å². The Morgan fingerprint density at radius 2 is 1.54 bits per heavy atom. The summed E-state index contributed by atoms with van der Waals surface area (Å²) in [6.45, 7) is 0.0971. The van der Waals surface area contributed by atoms with Crippen LogP contribution in [0.1, 0.15) is 15.9 Å². The molecule has 0 saturated carbocycles. The van der Waals surface area contributed by atoms with Crippen molar-refractivity contribution in [2.24, 2.45) is 0 Å². The molecule has 0 aromatic heterocycles. The number of esters is 1. The van der Waals surface area contributed by atoms with Crippen molar-refractivity contribution in [3.05, 3.63) is 53.6 Å². The summed E-state index contributed by atoms with van der Waals surface area (Å²) in [5.41, 5.74) is 2.36. The molecule has 0 aliphatic heterocycles. The molecule has 0 spiro atoms. The van der Waals surface area contributed by atoms with Crippen molar-refractivity contribution in [3.8, 4) is 11.5 Å². The van der Waals surface area contributed by atoms with Gasteiger partial charge in [-0.2, -0.15) is 0 Å². The smallest absolute Gasteiger partial charge is 0.338 e. The Hall–Kier alpha value is -3.22. The predicted octanol–water partition coefficient (Wildman–Crippen LogP) is 2.59. The molecule has 2 rings (SSSR count). The summed E-state index contributed by atoms with van der Waals surface area (Å²) in [5, 5.41) is 0. The lowest BCUT2D eigenvalue weighted by atomic mass is 10.2. The van der Waals surface area contributed by atoms with Crippen molar-refractivity contribution < 1.29 is 23.8 Å². The lowest BCUT2D eigenvalue weighted by molar-refractivity contribution is -0.133. The highest BCUT2D eigenvalue weighted by Gasteiger charge is 2.16. The molecule has 0 saturated heterocycles. The van der Waals surface area contributed by atoms with Gasteiger partial charge in [0.05, 0.1) is 19.8 Å². The lowest BCUT2D eigenvalue weighted by Crippen LogP contribution is -2.30. The van der Waals surface area contributed by atoms with Crippen LogP contribution >= 0.6 is 0 Å². The largest absolute Gasteiger partial charge is 0.493 e. The second-order valence-electron chi connectivity index (χ2n) is 6.46. The number of ether oxygens (including phenoxy) is 3. The predicted molar refractivity (Wildman–Crippen MR) is 107 cm³/mol. The SMILES string of the molecule is COc1ccc(C(=O)OCC(=O)N(C)Cc2ccc(N(C)C)cc2)cc1OC. The van der Waals surface area contributed by atoms with Crippen LogP contribution in [0.3, 0.4) is 0 Å². The topological polar surface area (TPSA) is 68.3 Å². The van der Waals surface area contributed by atoms with Crippen LogP contribution in [0.15, 0.2) is 42.5 Å². The van der Waals surface area contributed by atoms with E-state index in [-0.39, 0.29) is 18.1 Å². The highest BCUT2D eigenvalue weighted by molar-refractivity contribution is 5.92. The fourth-order valence-corrected chi connectivity index (χ4v) is 2.55. The van der Waals surface area contributed by atoms with Crippen LogP contribution in [0.25, 0.3) is 0 Å². The van der Waals surface area contributed by atoms with Gasteiger partial charge in [0.2, 0.25) is 0 Å². The first kappa shape index (κ1) is 21.1. The Balaban J connectivity index is 1.91. The van der Waals surface area contributed by atoms with Gasteiger partial charge in [-0.3, -0.25) is 4.79 Å². The summed E-state index contributed by atoms with van der Waals surface area (Å²) in [6.07, 6.45) is 0. The minimum Gasteiger partial charge on any atom is -0.493 e. The Labute approximate surface area is 165 Å². The highest BCUT2D eigenvalue weighted by atomic mass is 16.5. The summed E-state index contributed by atoms with van der Waals surface area (Å²) in [5.74, 6) is 0.0419. The number of amides is 1. The van der Waals surface area contributed by atoms with E-state index in [2.05, 4.69) is 0 Å². The third-order valence-electron chi connectivity index (χ3n) is 4.24. The van der Waals surface area contributed by atoms with Crippen molar-refractivity contribution in [2.45, 2.75) is 6.54 Å². The number of anilines is 1. The van der Waals surface area contributed by atoms with Gasteiger partial charge in [0.25, 0.3) is 5.91 Å². The zero-order chi connectivity index (χ0) is 20.7. The molecule has 0 bridgehead atoms. The van der Waals surface area contributed by atoms with Crippen LogP contribution in [-0.2, 0) is 16.1 Å². The van der Waals surface area contributed by atoms with Crippen molar-refractivity contribution in [1.82, 2.24) is 4.90 Å². The Bertz CT molecular complexity index is 818. The summed E-state index contributed by atoms with van der Waals surface area (Å²) in [4.78, 5) is 28.0. The summed E-state index contributed by atoms with van der Waals surface area (Å²) < 4.78 is 15.4. The summed E-state index contributed by atoms with van der Waals surface area (Å²) in [6, 6.07) is 12.6. The molecular weight excluding hydrogens is 360 g/mol. The average Bonchev–Trinajstić information content (AvgIpc) is 2.71. The maximum Gasteiger partial charge on any atom is 0.338 e. The molecule has 0 fully saturated rings. The number of hydrogen-bond donors (Lipinski definition) is 0. The van der Waals surface area contributed by atoms with Gasteiger partial charge in [-0.25, -0.2) is 4.79 Å². The zero-order valence-corrected chi connectivity index (χ0v) is 16.9. The molecule has 0 atom stereocenters. The van der Waals surface area contributed by atoms with E-state index in [0.29, 0.717) is 18.0 Å². The molecule has 1 amide bonds.